The summed E-state index contributed by atoms with van der Waals surface area (Å²) in [5, 5.41) is 3.41. The van der Waals surface area contributed by atoms with Crippen molar-refractivity contribution >= 4 is 24.8 Å². The number of nitrogens with one attached hydrogen (secondary N) is 1. The molecule has 1 saturated heterocycles. The molecule has 0 spiro atoms. The molecule has 1 aromatic rings. The highest BCUT2D eigenvalue weighted by atomic mass is 35.5. The lowest BCUT2D eigenvalue weighted by Crippen LogP contribution is -2.45. The molecule has 1 aliphatic heterocycles. The highest BCUT2D eigenvalue weighted by Gasteiger charge is 2.37. The van der Waals surface area contributed by atoms with E-state index in [2.05, 4.69) is 16.3 Å². The van der Waals surface area contributed by atoms with Crippen molar-refractivity contribution < 1.29 is 4.42 Å². The summed E-state index contributed by atoms with van der Waals surface area (Å²) < 4.78 is 5.22. The van der Waals surface area contributed by atoms with E-state index in [-0.39, 0.29) is 24.8 Å². The SMILES string of the molecule is Cl.Cl.c1cc([C@H](C2CC2)N2CCNCC2)co1. The minimum atomic E-state index is 0. The smallest absolute Gasteiger partial charge is 0.0950 e. The second-order valence-electron chi connectivity index (χ2n) is 4.62. The summed E-state index contributed by atoms with van der Waals surface area (Å²) in [5.74, 6) is 0.876. The van der Waals surface area contributed by atoms with E-state index in [4.69, 9.17) is 4.42 Å². The first kappa shape index (κ1) is 14.8. The molecule has 2 heterocycles. The number of rotatable bonds is 3. The molecular formula is C12H20Cl2N2O. The van der Waals surface area contributed by atoms with Gasteiger partial charge in [0.1, 0.15) is 0 Å². The molecule has 0 bridgehead atoms. The molecule has 2 aliphatic rings. The average Bonchev–Trinajstić information content (AvgIpc) is 2.96. The third-order valence-electron chi connectivity index (χ3n) is 3.50. The number of halogens is 2. The first-order valence-electron chi connectivity index (χ1n) is 5.92. The summed E-state index contributed by atoms with van der Waals surface area (Å²) in [5.41, 5.74) is 1.37. The van der Waals surface area contributed by atoms with Gasteiger partial charge in [0, 0.05) is 37.8 Å². The molecule has 0 amide bonds. The second-order valence-corrected chi connectivity index (χ2v) is 4.62. The van der Waals surface area contributed by atoms with Gasteiger partial charge in [-0.15, -0.1) is 24.8 Å². The molecule has 5 heteroatoms. The van der Waals surface area contributed by atoms with Crippen LogP contribution in [0.4, 0.5) is 0 Å². The van der Waals surface area contributed by atoms with Crippen molar-refractivity contribution in [3.8, 4) is 0 Å². The van der Waals surface area contributed by atoms with Gasteiger partial charge in [0.2, 0.25) is 0 Å². The van der Waals surface area contributed by atoms with E-state index in [9.17, 15) is 0 Å². The zero-order valence-corrected chi connectivity index (χ0v) is 11.4. The lowest BCUT2D eigenvalue weighted by molar-refractivity contribution is 0.155. The average molecular weight is 279 g/mol. The lowest BCUT2D eigenvalue weighted by Gasteiger charge is -2.34. The van der Waals surface area contributed by atoms with Gasteiger partial charge in [-0.25, -0.2) is 0 Å². The van der Waals surface area contributed by atoms with Crippen LogP contribution in [0.3, 0.4) is 0 Å². The molecule has 1 saturated carbocycles. The highest BCUT2D eigenvalue weighted by Crippen LogP contribution is 2.44. The summed E-state index contributed by atoms with van der Waals surface area (Å²) >= 11 is 0. The van der Waals surface area contributed by atoms with Crippen molar-refractivity contribution in [2.24, 2.45) is 5.92 Å². The van der Waals surface area contributed by atoms with E-state index in [0.29, 0.717) is 6.04 Å². The maximum atomic E-state index is 5.22. The van der Waals surface area contributed by atoms with Gasteiger partial charge in [-0.1, -0.05) is 0 Å². The summed E-state index contributed by atoms with van der Waals surface area (Å²) in [6, 6.07) is 2.75. The van der Waals surface area contributed by atoms with Gasteiger partial charge >= 0.3 is 0 Å². The molecule has 17 heavy (non-hydrogen) atoms. The molecule has 3 rings (SSSR count). The van der Waals surface area contributed by atoms with Crippen LogP contribution in [0.2, 0.25) is 0 Å². The molecular weight excluding hydrogens is 259 g/mol. The fraction of sp³-hybridized carbons (Fsp3) is 0.667. The van der Waals surface area contributed by atoms with Crippen LogP contribution in [0.5, 0.6) is 0 Å². The topological polar surface area (TPSA) is 28.4 Å². The van der Waals surface area contributed by atoms with Crippen LogP contribution in [0.1, 0.15) is 24.4 Å². The zero-order chi connectivity index (χ0) is 10.1. The van der Waals surface area contributed by atoms with Crippen molar-refractivity contribution in [3.05, 3.63) is 24.2 Å². The number of hydrogen-bond donors (Lipinski definition) is 1. The quantitative estimate of drug-likeness (QED) is 0.921. The van der Waals surface area contributed by atoms with Crippen molar-refractivity contribution in [1.29, 1.82) is 0 Å². The molecule has 0 radical (unpaired) electrons. The molecule has 1 atom stereocenters. The molecule has 2 fully saturated rings. The van der Waals surface area contributed by atoms with Crippen LogP contribution >= 0.6 is 24.8 Å². The maximum absolute atomic E-state index is 5.22. The van der Waals surface area contributed by atoms with E-state index >= 15 is 0 Å². The Labute approximate surface area is 115 Å². The minimum absolute atomic E-state index is 0. The van der Waals surface area contributed by atoms with Gasteiger partial charge in [-0.3, -0.25) is 4.90 Å². The standard InChI is InChI=1S/C12H18N2O.2ClH/c1-2-10(1)12(11-3-8-15-9-11)14-6-4-13-5-7-14;;/h3,8-10,12-13H,1-2,4-7H2;2*1H/t12-;;/m0../s1. The van der Waals surface area contributed by atoms with Gasteiger partial charge in [-0.2, -0.15) is 0 Å². The maximum Gasteiger partial charge on any atom is 0.0950 e. The summed E-state index contributed by atoms with van der Waals surface area (Å²) in [4.78, 5) is 2.61. The van der Waals surface area contributed by atoms with E-state index in [1.165, 1.54) is 31.5 Å². The first-order valence-corrected chi connectivity index (χ1v) is 5.92. The van der Waals surface area contributed by atoms with Gasteiger partial charge in [-0.05, 0) is 24.8 Å². The zero-order valence-electron chi connectivity index (χ0n) is 9.80. The lowest BCUT2D eigenvalue weighted by atomic mass is 10.0. The number of piperazine rings is 1. The predicted octanol–water partition coefficient (Wildman–Crippen LogP) is 2.48. The Hall–Kier alpha value is -0.220. The normalized spacial score (nSPS) is 22.4. The van der Waals surface area contributed by atoms with Crippen LogP contribution in [0.15, 0.2) is 23.0 Å². The highest BCUT2D eigenvalue weighted by molar-refractivity contribution is 5.85. The van der Waals surface area contributed by atoms with E-state index in [1.807, 2.05) is 6.26 Å². The summed E-state index contributed by atoms with van der Waals surface area (Å²) in [6.45, 7) is 4.60. The van der Waals surface area contributed by atoms with Crippen molar-refractivity contribution in [3.63, 3.8) is 0 Å². The summed E-state index contributed by atoms with van der Waals surface area (Å²) in [6.07, 6.45) is 6.50. The Morgan fingerprint density at radius 2 is 1.94 bits per heavy atom. The number of furan rings is 1. The minimum Gasteiger partial charge on any atom is -0.472 e. The van der Waals surface area contributed by atoms with Gasteiger partial charge in [0.25, 0.3) is 0 Å². The molecule has 3 nitrogen and oxygen atoms in total. The second kappa shape index (κ2) is 6.64. The predicted molar refractivity (Wildman–Crippen MR) is 73.1 cm³/mol. The molecule has 1 N–H and O–H groups in total. The van der Waals surface area contributed by atoms with E-state index < -0.39 is 0 Å². The number of hydrogen-bond acceptors (Lipinski definition) is 3. The number of nitrogens with zero attached hydrogens (tertiary/aromatic N) is 1. The molecule has 1 aliphatic carbocycles. The Kier molecular flexibility index (Phi) is 5.80. The fourth-order valence-corrected chi connectivity index (χ4v) is 2.60. The van der Waals surface area contributed by atoms with Crippen LogP contribution in [-0.2, 0) is 0 Å². The largest absolute Gasteiger partial charge is 0.472 e. The third kappa shape index (κ3) is 3.38. The Bertz CT molecular complexity index is 308. The van der Waals surface area contributed by atoms with Gasteiger partial charge < -0.3 is 9.73 Å². The van der Waals surface area contributed by atoms with Gasteiger partial charge in [0.15, 0.2) is 0 Å². The fourth-order valence-electron chi connectivity index (χ4n) is 2.60. The Morgan fingerprint density at radius 1 is 1.24 bits per heavy atom. The molecule has 98 valence electrons. The Morgan fingerprint density at radius 3 is 2.47 bits per heavy atom. The van der Waals surface area contributed by atoms with E-state index in [1.54, 1.807) is 6.26 Å². The summed E-state index contributed by atoms with van der Waals surface area (Å²) in [7, 11) is 0. The van der Waals surface area contributed by atoms with Crippen molar-refractivity contribution in [2.45, 2.75) is 18.9 Å². The monoisotopic (exact) mass is 278 g/mol. The van der Waals surface area contributed by atoms with E-state index in [0.717, 1.165) is 19.0 Å². The van der Waals surface area contributed by atoms with Crippen LogP contribution in [-0.4, -0.2) is 31.1 Å². The van der Waals surface area contributed by atoms with Crippen LogP contribution in [0.25, 0.3) is 0 Å². The van der Waals surface area contributed by atoms with Crippen molar-refractivity contribution in [2.75, 3.05) is 26.2 Å². The third-order valence-corrected chi connectivity index (χ3v) is 3.50. The molecule has 0 unspecified atom stereocenters. The van der Waals surface area contributed by atoms with Crippen molar-refractivity contribution in [1.82, 2.24) is 10.2 Å². The van der Waals surface area contributed by atoms with Crippen LogP contribution < -0.4 is 5.32 Å². The molecule has 0 aromatic carbocycles. The Balaban J connectivity index is 0.000000722. The molecule has 1 aromatic heterocycles. The van der Waals surface area contributed by atoms with Gasteiger partial charge in [0.05, 0.1) is 12.5 Å². The van der Waals surface area contributed by atoms with Crippen LogP contribution in [0, 0.1) is 5.92 Å². The first-order chi connectivity index (χ1) is 7.45.